The Labute approximate surface area is 60.8 Å². The van der Waals surface area contributed by atoms with E-state index in [9.17, 15) is 5.11 Å². The van der Waals surface area contributed by atoms with Gasteiger partial charge in [-0.3, -0.25) is 0 Å². The Bertz CT molecular complexity index is 145. The van der Waals surface area contributed by atoms with Gasteiger partial charge in [-0.05, 0) is 24.6 Å². The zero-order chi connectivity index (χ0) is 7.45. The van der Waals surface area contributed by atoms with Crippen molar-refractivity contribution in [2.45, 2.75) is 18.9 Å². The standard InChI is InChI=1S/C8H12O2/c1-2-8(9)4-3-6-10-7-5-8/h3-5,7,9H,2,6H2,1H3. The summed E-state index contributed by atoms with van der Waals surface area (Å²) in [5.74, 6) is 0. The Morgan fingerprint density at radius 1 is 1.60 bits per heavy atom. The first-order valence-electron chi connectivity index (χ1n) is 3.46. The first-order valence-corrected chi connectivity index (χ1v) is 3.46. The second-order valence-corrected chi connectivity index (χ2v) is 2.38. The topological polar surface area (TPSA) is 29.5 Å². The fourth-order valence-electron chi connectivity index (χ4n) is 0.820. The van der Waals surface area contributed by atoms with Crippen LogP contribution >= 0.6 is 0 Å². The number of rotatable bonds is 1. The fourth-order valence-corrected chi connectivity index (χ4v) is 0.820. The van der Waals surface area contributed by atoms with E-state index in [2.05, 4.69) is 0 Å². The largest absolute Gasteiger partial charge is 0.497 e. The van der Waals surface area contributed by atoms with E-state index in [0.29, 0.717) is 13.0 Å². The molecule has 1 rings (SSSR count). The summed E-state index contributed by atoms with van der Waals surface area (Å²) >= 11 is 0. The molecule has 0 spiro atoms. The Morgan fingerprint density at radius 2 is 2.40 bits per heavy atom. The molecule has 0 aromatic carbocycles. The fraction of sp³-hybridized carbons (Fsp3) is 0.500. The average Bonchev–Trinajstić information content (AvgIpc) is 2.15. The highest BCUT2D eigenvalue weighted by Gasteiger charge is 2.17. The zero-order valence-corrected chi connectivity index (χ0v) is 6.08. The molecule has 1 N–H and O–H groups in total. The Morgan fingerprint density at radius 3 is 3.10 bits per heavy atom. The van der Waals surface area contributed by atoms with Crippen molar-refractivity contribution < 1.29 is 9.84 Å². The lowest BCUT2D eigenvalue weighted by molar-refractivity contribution is 0.137. The Hall–Kier alpha value is -0.760. The third-order valence-electron chi connectivity index (χ3n) is 1.62. The minimum atomic E-state index is -0.781. The summed E-state index contributed by atoms with van der Waals surface area (Å²) < 4.78 is 4.96. The maximum Gasteiger partial charge on any atom is 0.106 e. The van der Waals surface area contributed by atoms with Crippen LogP contribution in [-0.4, -0.2) is 17.3 Å². The molecule has 2 nitrogen and oxygen atoms in total. The van der Waals surface area contributed by atoms with Gasteiger partial charge in [-0.1, -0.05) is 6.92 Å². The van der Waals surface area contributed by atoms with Crippen molar-refractivity contribution in [3.05, 3.63) is 24.5 Å². The maximum atomic E-state index is 9.61. The van der Waals surface area contributed by atoms with Gasteiger partial charge in [-0.2, -0.15) is 0 Å². The van der Waals surface area contributed by atoms with Gasteiger partial charge in [0, 0.05) is 0 Å². The van der Waals surface area contributed by atoms with Gasteiger partial charge in [-0.25, -0.2) is 0 Å². The van der Waals surface area contributed by atoms with E-state index in [1.54, 1.807) is 18.4 Å². The van der Waals surface area contributed by atoms with Crippen molar-refractivity contribution in [2.75, 3.05) is 6.61 Å². The molecule has 1 aliphatic heterocycles. The van der Waals surface area contributed by atoms with Crippen LogP contribution in [0.25, 0.3) is 0 Å². The van der Waals surface area contributed by atoms with E-state index in [-0.39, 0.29) is 0 Å². The van der Waals surface area contributed by atoms with Gasteiger partial charge < -0.3 is 9.84 Å². The van der Waals surface area contributed by atoms with E-state index in [0.717, 1.165) is 0 Å². The molecule has 0 fully saturated rings. The van der Waals surface area contributed by atoms with Crippen LogP contribution in [0.1, 0.15) is 13.3 Å². The van der Waals surface area contributed by atoms with Crippen LogP contribution in [0.3, 0.4) is 0 Å². The van der Waals surface area contributed by atoms with Crippen LogP contribution in [0, 0.1) is 0 Å². The van der Waals surface area contributed by atoms with Crippen LogP contribution in [0.2, 0.25) is 0 Å². The molecule has 1 heterocycles. The minimum absolute atomic E-state index is 0.554. The normalized spacial score (nSPS) is 31.4. The predicted molar refractivity (Wildman–Crippen MR) is 39.5 cm³/mol. The molecule has 0 radical (unpaired) electrons. The number of aliphatic hydroxyl groups is 1. The highest BCUT2D eigenvalue weighted by atomic mass is 16.5. The predicted octanol–water partition coefficient (Wildman–Crippen LogP) is 1.23. The molecule has 0 saturated carbocycles. The Balaban J connectivity index is 2.72. The van der Waals surface area contributed by atoms with Crippen molar-refractivity contribution in [1.29, 1.82) is 0 Å². The summed E-state index contributed by atoms with van der Waals surface area (Å²) in [7, 11) is 0. The molecule has 1 atom stereocenters. The van der Waals surface area contributed by atoms with Crippen molar-refractivity contribution in [1.82, 2.24) is 0 Å². The van der Waals surface area contributed by atoms with Gasteiger partial charge in [0.2, 0.25) is 0 Å². The molecule has 0 aromatic heterocycles. The molecular formula is C8H12O2. The van der Waals surface area contributed by atoms with E-state index in [1.807, 2.05) is 13.0 Å². The lowest BCUT2D eigenvalue weighted by atomic mass is 10.0. The lowest BCUT2D eigenvalue weighted by Crippen LogP contribution is -2.20. The van der Waals surface area contributed by atoms with Crippen LogP contribution in [0.4, 0.5) is 0 Å². The number of ether oxygens (including phenoxy) is 1. The van der Waals surface area contributed by atoms with Crippen molar-refractivity contribution in [3.8, 4) is 0 Å². The van der Waals surface area contributed by atoms with E-state index in [4.69, 9.17) is 4.74 Å². The molecule has 0 aromatic rings. The second kappa shape index (κ2) is 2.88. The van der Waals surface area contributed by atoms with Crippen LogP contribution in [0.15, 0.2) is 24.5 Å². The molecule has 1 aliphatic rings. The summed E-state index contributed by atoms with van der Waals surface area (Å²) in [6.45, 7) is 2.48. The second-order valence-electron chi connectivity index (χ2n) is 2.38. The van der Waals surface area contributed by atoms with Gasteiger partial charge in [0.15, 0.2) is 0 Å². The highest BCUT2D eigenvalue weighted by Crippen LogP contribution is 2.15. The SMILES string of the molecule is CCC1(O)C=CCOC=C1. The summed E-state index contributed by atoms with van der Waals surface area (Å²) in [6, 6.07) is 0. The van der Waals surface area contributed by atoms with Gasteiger partial charge in [0.1, 0.15) is 12.2 Å². The van der Waals surface area contributed by atoms with Gasteiger partial charge in [-0.15, -0.1) is 0 Å². The summed E-state index contributed by atoms with van der Waals surface area (Å²) in [5.41, 5.74) is -0.781. The highest BCUT2D eigenvalue weighted by molar-refractivity contribution is 5.13. The van der Waals surface area contributed by atoms with Crippen molar-refractivity contribution in [3.63, 3.8) is 0 Å². The van der Waals surface area contributed by atoms with Gasteiger partial charge in [0.25, 0.3) is 0 Å². The first-order chi connectivity index (χ1) is 4.77. The molecule has 0 aliphatic carbocycles. The third kappa shape index (κ3) is 1.61. The minimum Gasteiger partial charge on any atom is -0.497 e. The van der Waals surface area contributed by atoms with Crippen molar-refractivity contribution in [2.24, 2.45) is 0 Å². The van der Waals surface area contributed by atoms with Gasteiger partial charge >= 0.3 is 0 Å². The Kier molecular flexibility index (Phi) is 2.12. The van der Waals surface area contributed by atoms with Crippen LogP contribution in [0.5, 0.6) is 0 Å². The molecule has 10 heavy (non-hydrogen) atoms. The summed E-state index contributed by atoms with van der Waals surface area (Å²) in [6.07, 6.45) is 7.48. The third-order valence-corrected chi connectivity index (χ3v) is 1.62. The van der Waals surface area contributed by atoms with Crippen LogP contribution < -0.4 is 0 Å². The first kappa shape index (κ1) is 7.35. The monoisotopic (exact) mass is 140 g/mol. The number of hydrogen-bond donors (Lipinski definition) is 1. The van der Waals surface area contributed by atoms with E-state index < -0.39 is 5.60 Å². The maximum absolute atomic E-state index is 9.61. The average molecular weight is 140 g/mol. The van der Waals surface area contributed by atoms with Crippen molar-refractivity contribution >= 4 is 0 Å². The number of hydrogen-bond acceptors (Lipinski definition) is 2. The van der Waals surface area contributed by atoms with Gasteiger partial charge in [0.05, 0.1) is 6.26 Å². The molecule has 2 heteroatoms. The van der Waals surface area contributed by atoms with Crippen LogP contribution in [-0.2, 0) is 4.74 Å². The summed E-state index contributed by atoms with van der Waals surface area (Å²) in [5, 5.41) is 9.61. The zero-order valence-electron chi connectivity index (χ0n) is 6.08. The quantitative estimate of drug-likeness (QED) is 0.555. The lowest BCUT2D eigenvalue weighted by Gasteiger charge is -2.15. The molecule has 0 amide bonds. The smallest absolute Gasteiger partial charge is 0.106 e. The summed E-state index contributed by atoms with van der Waals surface area (Å²) in [4.78, 5) is 0. The molecule has 56 valence electrons. The molecule has 1 unspecified atom stereocenters. The molecular weight excluding hydrogens is 128 g/mol. The molecule has 0 saturated heterocycles. The van der Waals surface area contributed by atoms with E-state index in [1.165, 1.54) is 0 Å². The van der Waals surface area contributed by atoms with E-state index >= 15 is 0 Å². The molecule has 0 bridgehead atoms.